The second-order valence-corrected chi connectivity index (χ2v) is 5.36. The highest BCUT2D eigenvalue weighted by molar-refractivity contribution is 8.01. The Balaban J connectivity index is 2.48. The first-order valence-corrected chi connectivity index (χ1v) is 6.33. The van der Waals surface area contributed by atoms with Crippen molar-refractivity contribution in [3.8, 4) is 0 Å². The van der Waals surface area contributed by atoms with Crippen molar-refractivity contribution in [3.05, 3.63) is 12.2 Å². The van der Waals surface area contributed by atoms with Crippen LogP contribution in [0.4, 0.5) is 5.13 Å². The third-order valence-corrected chi connectivity index (χ3v) is 4.12. The van der Waals surface area contributed by atoms with Gasteiger partial charge in [-0.3, -0.25) is 0 Å². The van der Waals surface area contributed by atoms with Crippen molar-refractivity contribution < 1.29 is 0 Å². The van der Waals surface area contributed by atoms with Gasteiger partial charge in [0.25, 0.3) is 0 Å². The lowest BCUT2D eigenvalue weighted by atomic mass is 10.4. The summed E-state index contributed by atoms with van der Waals surface area (Å²) in [6, 6.07) is 0. The molecule has 0 radical (unpaired) electrons. The molecule has 0 saturated carbocycles. The normalized spacial score (nSPS) is 10.2. The molecular formula is C8H12ClN3S2. The minimum atomic E-state index is 0.506. The number of rotatable bonds is 5. The summed E-state index contributed by atoms with van der Waals surface area (Å²) in [7, 11) is 3.90. The van der Waals surface area contributed by atoms with Crippen molar-refractivity contribution in [1.82, 2.24) is 10.2 Å². The molecule has 1 heterocycles. The van der Waals surface area contributed by atoms with E-state index >= 15 is 0 Å². The minimum Gasteiger partial charge on any atom is -0.353 e. The van der Waals surface area contributed by atoms with Crippen molar-refractivity contribution in [2.45, 2.75) is 4.34 Å². The fourth-order valence-electron chi connectivity index (χ4n) is 0.644. The van der Waals surface area contributed by atoms with Gasteiger partial charge in [0.15, 0.2) is 4.34 Å². The molecule has 0 N–H and O–H groups in total. The predicted molar refractivity (Wildman–Crippen MR) is 64.8 cm³/mol. The summed E-state index contributed by atoms with van der Waals surface area (Å²) in [5, 5.41) is 9.00. The number of nitrogens with zero attached hydrogens (tertiary/aromatic N) is 3. The first-order chi connectivity index (χ1) is 6.63. The molecule has 6 heteroatoms. The lowest BCUT2D eigenvalue weighted by Crippen LogP contribution is -2.07. The standard InChI is InChI=1S/C8H12ClN3S2/c1-6(4-9)5-13-8-11-10-7(14-8)12(2)3/h1,4-5H2,2-3H3. The summed E-state index contributed by atoms with van der Waals surface area (Å²) >= 11 is 8.82. The van der Waals surface area contributed by atoms with Gasteiger partial charge >= 0.3 is 0 Å². The molecule has 0 bridgehead atoms. The molecule has 0 spiro atoms. The van der Waals surface area contributed by atoms with Gasteiger partial charge in [-0.25, -0.2) is 0 Å². The van der Waals surface area contributed by atoms with E-state index in [9.17, 15) is 0 Å². The van der Waals surface area contributed by atoms with Gasteiger partial charge in [-0.15, -0.1) is 21.8 Å². The Kier molecular flexibility index (Phi) is 4.71. The second-order valence-electron chi connectivity index (χ2n) is 2.92. The zero-order chi connectivity index (χ0) is 10.6. The summed E-state index contributed by atoms with van der Waals surface area (Å²) in [5.41, 5.74) is 1.01. The maximum atomic E-state index is 5.62. The van der Waals surface area contributed by atoms with E-state index in [0.717, 1.165) is 20.8 Å². The van der Waals surface area contributed by atoms with Crippen molar-refractivity contribution in [1.29, 1.82) is 0 Å². The topological polar surface area (TPSA) is 29.0 Å². The lowest BCUT2D eigenvalue weighted by Gasteiger charge is -2.03. The summed E-state index contributed by atoms with van der Waals surface area (Å²) in [5.74, 6) is 1.32. The monoisotopic (exact) mass is 249 g/mol. The first-order valence-electron chi connectivity index (χ1n) is 3.99. The molecule has 78 valence electrons. The van der Waals surface area contributed by atoms with Gasteiger partial charge in [0.2, 0.25) is 5.13 Å². The summed E-state index contributed by atoms with van der Waals surface area (Å²) in [6.07, 6.45) is 0. The van der Waals surface area contributed by atoms with E-state index in [0.29, 0.717) is 5.88 Å². The van der Waals surface area contributed by atoms with Crippen LogP contribution in [-0.4, -0.2) is 35.9 Å². The van der Waals surface area contributed by atoms with E-state index < -0.39 is 0 Å². The molecular weight excluding hydrogens is 238 g/mol. The van der Waals surface area contributed by atoms with Gasteiger partial charge in [-0.2, -0.15) is 0 Å². The van der Waals surface area contributed by atoms with Gasteiger partial charge in [0.1, 0.15) is 0 Å². The van der Waals surface area contributed by atoms with Crippen LogP contribution in [0.2, 0.25) is 0 Å². The Morgan fingerprint density at radius 2 is 2.29 bits per heavy atom. The Morgan fingerprint density at radius 1 is 1.57 bits per heavy atom. The Bertz CT molecular complexity index is 311. The van der Waals surface area contributed by atoms with Crippen LogP contribution >= 0.6 is 34.7 Å². The van der Waals surface area contributed by atoms with Gasteiger partial charge in [0, 0.05) is 25.7 Å². The van der Waals surface area contributed by atoms with Crippen molar-refractivity contribution in [2.75, 3.05) is 30.6 Å². The SMILES string of the molecule is C=C(CCl)CSc1nnc(N(C)C)s1. The molecule has 0 amide bonds. The number of hydrogen-bond acceptors (Lipinski definition) is 5. The molecule has 3 nitrogen and oxygen atoms in total. The molecule has 1 rings (SSSR count). The van der Waals surface area contributed by atoms with Crippen LogP contribution in [-0.2, 0) is 0 Å². The number of anilines is 1. The average Bonchev–Trinajstić information content (AvgIpc) is 2.62. The maximum Gasteiger partial charge on any atom is 0.208 e. The van der Waals surface area contributed by atoms with Crippen molar-refractivity contribution >= 4 is 39.8 Å². The largest absolute Gasteiger partial charge is 0.353 e. The molecule has 14 heavy (non-hydrogen) atoms. The highest BCUT2D eigenvalue weighted by Gasteiger charge is 2.06. The number of thioether (sulfide) groups is 1. The molecule has 0 atom stereocenters. The van der Waals surface area contributed by atoms with E-state index in [2.05, 4.69) is 16.8 Å². The number of hydrogen-bond donors (Lipinski definition) is 0. The molecule has 0 aliphatic heterocycles. The Hall–Kier alpha value is -0.260. The molecule has 0 aliphatic rings. The molecule has 0 aliphatic carbocycles. The summed E-state index contributed by atoms with van der Waals surface area (Å²) < 4.78 is 0.958. The van der Waals surface area contributed by atoms with Gasteiger partial charge in [-0.1, -0.05) is 35.3 Å². The number of alkyl halides is 1. The van der Waals surface area contributed by atoms with E-state index in [-0.39, 0.29) is 0 Å². The lowest BCUT2D eigenvalue weighted by molar-refractivity contribution is 0.973. The van der Waals surface area contributed by atoms with Crippen LogP contribution < -0.4 is 4.90 Å². The van der Waals surface area contributed by atoms with Crippen LogP contribution in [0.25, 0.3) is 0 Å². The smallest absolute Gasteiger partial charge is 0.208 e. The zero-order valence-corrected chi connectivity index (χ0v) is 10.5. The molecule has 0 aromatic carbocycles. The van der Waals surface area contributed by atoms with Crippen molar-refractivity contribution in [3.63, 3.8) is 0 Å². The van der Waals surface area contributed by atoms with Crippen molar-refractivity contribution in [2.24, 2.45) is 0 Å². The molecule has 1 aromatic rings. The minimum absolute atomic E-state index is 0.506. The van der Waals surface area contributed by atoms with E-state index in [4.69, 9.17) is 11.6 Å². The van der Waals surface area contributed by atoms with Crippen LogP contribution in [0.3, 0.4) is 0 Å². The van der Waals surface area contributed by atoms with Gasteiger partial charge in [0.05, 0.1) is 0 Å². The Morgan fingerprint density at radius 3 is 2.79 bits per heavy atom. The maximum absolute atomic E-state index is 5.62. The average molecular weight is 250 g/mol. The van der Waals surface area contributed by atoms with E-state index in [1.165, 1.54) is 0 Å². The number of aromatic nitrogens is 2. The fraction of sp³-hybridized carbons (Fsp3) is 0.500. The highest BCUT2D eigenvalue weighted by atomic mass is 35.5. The first kappa shape index (κ1) is 11.8. The molecule has 0 fully saturated rings. The summed E-state index contributed by atoms with van der Waals surface area (Å²) in [4.78, 5) is 1.94. The predicted octanol–water partition coefficient (Wildman–Crippen LogP) is 2.49. The van der Waals surface area contributed by atoms with Gasteiger partial charge in [-0.05, 0) is 0 Å². The third kappa shape index (κ3) is 3.48. The number of halogens is 1. The highest BCUT2D eigenvalue weighted by Crippen LogP contribution is 2.27. The molecule has 0 saturated heterocycles. The Labute approximate surface area is 97.2 Å². The molecule has 1 aromatic heterocycles. The molecule has 0 unspecified atom stereocenters. The van der Waals surface area contributed by atoms with E-state index in [1.807, 2.05) is 19.0 Å². The van der Waals surface area contributed by atoms with Crippen LogP contribution in [0.15, 0.2) is 16.5 Å². The summed E-state index contributed by atoms with van der Waals surface area (Å²) in [6.45, 7) is 3.82. The van der Waals surface area contributed by atoms with Gasteiger partial charge < -0.3 is 4.90 Å². The third-order valence-electron chi connectivity index (χ3n) is 1.37. The van der Waals surface area contributed by atoms with Crippen LogP contribution in [0.5, 0.6) is 0 Å². The second kappa shape index (κ2) is 5.58. The fourth-order valence-corrected chi connectivity index (χ4v) is 2.52. The quantitative estimate of drug-likeness (QED) is 0.456. The zero-order valence-electron chi connectivity index (χ0n) is 8.16. The van der Waals surface area contributed by atoms with Crippen LogP contribution in [0.1, 0.15) is 0 Å². The van der Waals surface area contributed by atoms with Crippen LogP contribution in [0, 0.1) is 0 Å². The van der Waals surface area contributed by atoms with E-state index in [1.54, 1.807) is 23.1 Å².